The number of aromatic nitrogens is 2. The number of nitrogens with zero attached hydrogens (tertiary/aromatic N) is 3. The molecular weight excluding hydrogens is 212 g/mol. The van der Waals surface area contributed by atoms with E-state index in [9.17, 15) is 0 Å². The lowest BCUT2D eigenvalue weighted by atomic mass is 10.2. The summed E-state index contributed by atoms with van der Waals surface area (Å²) in [4.78, 5) is 4.31. The number of benzene rings is 1. The van der Waals surface area contributed by atoms with Crippen molar-refractivity contribution in [2.45, 2.75) is 32.5 Å². The Hall–Kier alpha value is -1.86. The second kappa shape index (κ2) is 4.98. The van der Waals surface area contributed by atoms with Gasteiger partial charge in [-0.25, -0.2) is 4.98 Å². The second-order valence-electron chi connectivity index (χ2n) is 4.39. The summed E-state index contributed by atoms with van der Waals surface area (Å²) in [7, 11) is 0. The number of hydrogen-bond acceptors (Lipinski definition) is 3. The number of hydrogen-bond donors (Lipinski definition) is 1. The highest BCUT2D eigenvalue weighted by Crippen LogP contribution is 2.12. The molecule has 0 spiro atoms. The number of nitrogens with one attached hydrogen (secondary N) is 1. The third kappa shape index (κ3) is 2.63. The van der Waals surface area contributed by atoms with E-state index in [-0.39, 0.29) is 6.04 Å². The Labute approximate surface area is 101 Å². The molecule has 0 aliphatic carbocycles. The zero-order valence-electron chi connectivity index (χ0n) is 10.1. The van der Waals surface area contributed by atoms with Gasteiger partial charge in [0.25, 0.3) is 0 Å². The predicted octanol–water partition coefficient (Wildman–Crippen LogP) is 1.93. The van der Waals surface area contributed by atoms with Gasteiger partial charge in [-0.2, -0.15) is 5.26 Å². The van der Waals surface area contributed by atoms with E-state index >= 15 is 0 Å². The Morgan fingerprint density at radius 3 is 2.88 bits per heavy atom. The second-order valence-corrected chi connectivity index (χ2v) is 4.39. The molecule has 4 heteroatoms. The van der Waals surface area contributed by atoms with Crippen molar-refractivity contribution < 1.29 is 0 Å². The normalized spacial score (nSPS) is 12.8. The molecule has 0 bridgehead atoms. The van der Waals surface area contributed by atoms with E-state index in [0.29, 0.717) is 12.6 Å². The van der Waals surface area contributed by atoms with E-state index in [1.807, 2.05) is 42.7 Å². The topological polar surface area (TPSA) is 53.6 Å². The van der Waals surface area contributed by atoms with E-state index in [1.165, 1.54) is 0 Å². The molecule has 0 saturated carbocycles. The maximum atomic E-state index is 9.10. The van der Waals surface area contributed by atoms with Crippen molar-refractivity contribution in [3.8, 4) is 6.07 Å². The summed E-state index contributed by atoms with van der Waals surface area (Å²) in [5.41, 5.74) is 2.03. The summed E-state index contributed by atoms with van der Waals surface area (Å²) >= 11 is 0. The first-order valence-electron chi connectivity index (χ1n) is 5.76. The molecule has 0 saturated heterocycles. The van der Waals surface area contributed by atoms with Crippen LogP contribution in [0.2, 0.25) is 0 Å². The zero-order valence-corrected chi connectivity index (χ0v) is 10.1. The SMILES string of the molecule is CC(C)NC(C#N)Cn1cnc2ccccc21. The fraction of sp³-hybridized carbons (Fsp3) is 0.385. The van der Waals surface area contributed by atoms with Crippen LogP contribution in [0.5, 0.6) is 0 Å². The third-order valence-electron chi connectivity index (χ3n) is 2.60. The van der Waals surface area contributed by atoms with E-state index in [4.69, 9.17) is 5.26 Å². The Kier molecular flexibility index (Phi) is 3.40. The Morgan fingerprint density at radius 2 is 2.18 bits per heavy atom. The van der Waals surface area contributed by atoms with Crippen LogP contribution in [0.1, 0.15) is 13.8 Å². The molecule has 0 aliphatic heterocycles. The van der Waals surface area contributed by atoms with Gasteiger partial charge in [-0.05, 0) is 26.0 Å². The highest BCUT2D eigenvalue weighted by molar-refractivity contribution is 5.74. The first-order valence-corrected chi connectivity index (χ1v) is 5.76. The summed E-state index contributed by atoms with van der Waals surface area (Å²) in [5.74, 6) is 0. The number of para-hydroxylation sites is 2. The summed E-state index contributed by atoms with van der Waals surface area (Å²) in [6.07, 6.45) is 1.79. The highest BCUT2D eigenvalue weighted by Gasteiger charge is 2.11. The fourth-order valence-electron chi connectivity index (χ4n) is 1.89. The van der Waals surface area contributed by atoms with Gasteiger partial charge < -0.3 is 4.57 Å². The Balaban J connectivity index is 2.20. The van der Waals surface area contributed by atoms with Crippen molar-refractivity contribution in [2.24, 2.45) is 0 Å². The van der Waals surface area contributed by atoms with E-state index in [2.05, 4.69) is 16.4 Å². The van der Waals surface area contributed by atoms with Crippen LogP contribution in [-0.4, -0.2) is 21.6 Å². The van der Waals surface area contributed by atoms with E-state index in [0.717, 1.165) is 11.0 Å². The smallest absolute Gasteiger partial charge is 0.114 e. The van der Waals surface area contributed by atoms with Gasteiger partial charge in [-0.15, -0.1) is 0 Å². The maximum Gasteiger partial charge on any atom is 0.114 e. The molecule has 2 rings (SSSR count). The Morgan fingerprint density at radius 1 is 1.41 bits per heavy atom. The molecule has 1 aromatic heterocycles. The van der Waals surface area contributed by atoms with Crippen molar-refractivity contribution in [1.29, 1.82) is 5.26 Å². The summed E-state index contributed by atoms with van der Waals surface area (Å²) < 4.78 is 2.01. The van der Waals surface area contributed by atoms with Crippen molar-refractivity contribution in [2.75, 3.05) is 0 Å². The van der Waals surface area contributed by atoms with Crippen molar-refractivity contribution >= 4 is 11.0 Å². The average Bonchev–Trinajstić information content (AvgIpc) is 2.71. The van der Waals surface area contributed by atoms with Gasteiger partial charge in [0.05, 0.1) is 30.0 Å². The molecule has 1 aromatic carbocycles. The van der Waals surface area contributed by atoms with Gasteiger partial charge in [0.2, 0.25) is 0 Å². The minimum absolute atomic E-state index is 0.187. The lowest BCUT2D eigenvalue weighted by molar-refractivity contribution is 0.482. The molecule has 88 valence electrons. The molecule has 2 aromatic rings. The van der Waals surface area contributed by atoms with Crippen LogP contribution in [-0.2, 0) is 6.54 Å². The number of nitriles is 1. The largest absolute Gasteiger partial charge is 0.328 e. The quantitative estimate of drug-likeness (QED) is 0.870. The van der Waals surface area contributed by atoms with Crippen LogP contribution < -0.4 is 5.32 Å². The van der Waals surface area contributed by atoms with Crippen molar-refractivity contribution in [3.05, 3.63) is 30.6 Å². The zero-order chi connectivity index (χ0) is 12.3. The number of rotatable bonds is 4. The van der Waals surface area contributed by atoms with Gasteiger partial charge in [0, 0.05) is 6.04 Å². The van der Waals surface area contributed by atoms with Gasteiger partial charge in [0.15, 0.2) is 0 Å². The first kappa shape index (κ1) is 11.6. The van der Waals surface area contributed by atoms with Gasteiger partial charge in [-0.3, -0.25) is 5.32 Å². The van der Waals surface area contributed by atoms with Gasteiger partial charge >= 0.3 is 0 Å². The standard InChI is InChI=1S/C13H16N4/c1-10(2)16-11(7-14)8-17-9-15-12-5-3-4-6-13(12)17/h3-6,9-11,16H,8H2,1-2H3. The molecule has 0 aliphatic rings. The molecule has 0 fully saturated rings. The van der Waals surface area contributed by atoms with Crippen LogP contribution in [0.4, 0.5) is 0 Å². The van der Waals surface area contributed by atoms with Crippen LogP contribution in [0, 0.1) is 11.3 Å². The molecule has 0 amide bonds. The molecule has 0 radical (unpaired) electrons. The third-order valence-corrected chi connectivity index (χ3v) is 2.60. The monoisotopic (exact) mass is 228 g/mol. The maximum absolute atomic E-state index is 9.10. The number of fused-ring (bicyclic) bond motifs is 1. The molecule has 4 nitrogen and oxygen atoms in total. The lowest BCUT2D eigenvalue weighted by Gasteiger charge is -2.15. The minimum atomic E-state index is -0.187. The predicted molar refractivity (Wildman–Crippen MR) is 67.4 cm³/mol. The highest BCUT2D eigenvalue weighted by atomic mass is 15.1. The van der Waals surface area contributed by atoms with Crippen molar-refractivity contribution in [3.63, 3.8) is 0 Å². The van der Waals surface area contributed by atoms with Crippen molar-refractivity contribution in [1.82, 2.24) is 14.9 Å². The van der Waals surface area contributed by atoms with Crippen LogP contribution >= 0.6 is 0 Å². The molecule has 1 heterocycles. The number of imidazole rings is 1. The van der Waals surface area contributed by atoms with Crippen LogP contribution in [0.25, 0.3) is 11.0 Å². The van der Waals surface area contributed by atoms with E-state index in [1.54, 1.807) is 6.33 Å². The summed E-state index contributed by atoms with van der Waals surface area (Å²) in [6, 6.07) is 10.3. The molecular formula is C13H16N4. The molecule has 1 atom stereocenters. The average molecular weight is 228 g/mol. The summed E-state index contributed by atoms with van der Waals surface area (Å²) in [5, 5.41) is 12.3. The van der Waals surface area contributed by atoms with Crippen LogP contribution in [0.15, 0.2) is 30.6 Å². The van der Waals surface area contributed by atoms with E-state index < -0.39 is 0 Å². The van der Waals surface area contributed by atoms with Crippen LogP contribution in [0.3, 0.4) is 0 Å². The Bertz CT molecular complexity index is 536. The lowest BCUT2D eigenvalue weighted by Crippen LogP contribution is -2.36. The van der Waals surface area contributed by atoms with Gasteiger partial charge in [-0.1, -0.05) is 12.1 Å². The minimum Gasteiger partial charge on any atom is -0.328 e. The fourth-order valence-corrected chi connectivity index (χ4v) is 1.89. The van der Waals surface area contributed by atoms with Gasteiger partial charge in [0.1, 0.15) is 6.04 Å². The first-order chi connectivity index (χ1) is 8.20. The molecule has 17 heavy (non-hydrogen) atoms. The molecule has 1 N–H and O–H groups in total. The molecule has 1 unspecified atom stereocenters. The summed E-state index contributed by atoms with van der Waals surface area (Å²) in [6.45, 7) is 4.70.